The molecule has 0 saturated heterocycles. The van der Waals surface area contributed by atoms with Gasteiger partial charge < -0.3 is 26.0 Å². The smallest absolute Gasteiger partial charge is 0.408 e. The van der Waals surface area contributed by atoms with Gasteiger partial charge in [0.2, 0.25) is 17.7 Å². The molecule has 1 aromatic rings. The van der Waals surface area contributed by atoms with E-state index in [1.54, 1.807) is 20.8 Å². The van der Waals surface area contributed by atoms with Crippen molar-refractivity contribution in [3.63, 3.8) is 0 Å². The Morgan fingerprint density at radius 2 is 1.62 bits per heavy atom. The van der Waals surface area contributed by atoms with E-state index in [1.165, 1.54) is 4.90 Å². The molecular formula is C28H46N4O5. The van der Waals surface area contributed by atoms with Crippen LogP contribution >= 0.6 is 0 Å². The maximum atomic E-state index is 14.2. The number of nitrogens with zero attached hydrogens (tertiary/aromatic N) is 1. The molecule has 0 aliphatic heterocycles. The summed E-state index contributed by atoms with van der Waals surface area (Å²) in [5, 5.41) is 5.59. The van der Waals surface area contributed by atoms with E-state index >= 15 is 0 Å². The number of benzene rings is 1. The normalized spacial score (nSPS) is 13.3. The fourth-order valence-corrected chi connectivity index (χ4v) is 3.76. The number of hydrogen-bond acceptors (Lipinski definition) is 5. The van der Waals surface area contributed by atoms with Gasteiger partial charge in [-0.05, 0) is 66.4 Å². The molecule has 0 radical (unpaired) electrons. The van der Waals surface area contributed by atoms with Crippen molar-refractivity contribution in [1.82, 2.24) is 15.5 Å². The number of aryl methyl sites for hydroxylation is 1. The molecule has 0 spiro atoms. The minimum atomic E-state index is -1.12. The van der Waals surface area contributed by atoms with Gasteiger partial charge in [0.1, 0.15) is 17.7 Å². The molecule has 0 aromatic heterocycles. The molecule has 0 aliphatic carbocycles. The molecule has 0 fully saturated rings. The maximum absolute atomic E-state index is 14.2. The molecule has 0 bridgehead atoms. The summed E-state index contributed by atoms with van der Waals surface area (Å²) < 4.78 is 5.37. The summed E-state index contributed by atoms with van der Waals surface area (Å²) in [5.74, 6) is -1.40. The van der Waals surface area contributed by atoms with E-state index in [1.807, 2.05) is 58.9 Å². The lowest BCUT2D eigenvalue weighted by molar-refractivity contribution is -0.149. The molecule has 9 heteroatoms. The molecule has 2 atom stereocenters. The van der Waals surface area contributed by atoms with E-state index in [2.05, 4.69) is 10.6 Å². The number of nitrogens with one attached hydrogen (secondary N) is 2. The topological polar surface area (TPSA) is 131 Å². The zero-order valence-electron chi connectivity index (χ0n) is 23.8. The third-order valence-electron chi connectivity index (χ3n) is 6.15. The predicted molar refractivity (Wildman–Crippen MR) is 145 cm³/mol. The van der Waals surface area contributed by atoms with Crippen molar-refractivity contribution >= 4 is 23.8 Å². The standard InChI is InChI=1S/C28H46N4O5/c1-9-11-18-30-24(34)23(20-14-12-19(3)13-15-20)32(28(7,8)10-2)25(35)21(16-17-22(29)33)31-26(36)37-27(4,5)6/h12-15,21,23H,9-11,16-18H2,1-8H3,(H2,29,33)(H,30,34)(H,31,36). The number of carbonyl (C=O) groups is 4. The lowest BCUT2D eigenvalue weighted by Crippen LogP contribution is -2.59. The van der Waals surface area contributed by atoms with Crippen molar-refractivity contribution in [2.24, 2.45) is 5.73 Å². The number of carbonyl (C=O) groups excluding carboxylic acids is 4. The van der Waals surface area contributed by atoms with Crippen LogP contribution < -0.4 is 16.4 Å². The van der Waals surface area contributed by atoms with Crippen LogP contribution in [0.4, 0.5) is 4.79 Å². The molecule has 0 heterocycles. The van der Waals surface area contributed by atoms with Crippen molar-refractivity contribution in [3.05, 3.63) is 35.4 Å². The largest absolute Gasteiger partial charge is 0.444 e. The number of primary amides is 1. The molecule has 0 aliphatic rings. The molecule has 1 rings (SSSR count). The predicted octanol–water partition coefficient (Wildman–Crippen LogP) is 4.13. The van der Waals surface area contributed by atoms with Gasteiger partial charge in [-0.2, -0.15) is 0 Å². The Hall–Kier alpha value is -3.10. The number of unbranched alkanes of at least 4 members (excludes halogenated alkanes) is 1. The summed E-state index contributed by atoms with van der Waals surface area (Å²) in [6, 6.07) is 5.40. The molecule has 9 nitrogen and oxygen atoms in total. The Morgan fingerprint density at radius 1 is 1.03 bits per heavy atom. The summed E-state index contributed by atoms with van der Waals surface area (Å²) in [4.78, 5) is 53.6. The highest BCUT2D eigenvalue weighted by Gasteiger charge is 2.43. The summed E-state index contributed by atoms with van der Waals surface area (Å²) in [5.41, 5.74) is 5.49. The Morgan fingerprint density at radius 3 is 2.11 bits per heavy atom. The van der Waals surface area contributed by atoms with Gasteiger partial charge in [-0.25, -0.2) is 4.79 Å². The van der Waals surface area contributed by atoms with Crippen LogP contribution in [0, 0.1) is 6.92 Å². The summed E-state index contributed by atoms with van der Waals surface area (Å²) >= 11 is 0. The zero-order chi connectivity index (χ0) is 28.4. The van der Waals surface area contributed by atoms with Crippen molar-refractivity contribution < 1.29 is 23.9 Å². The number of amides is 4. The molecular weight excluding hydrogens is 472 g/mol. The van der Waals surface area contributed by atoms with Gasteiger partial charge in [-0.1, -0.05) is 50.1 Å². The third-order valence-corrected chi connectivity index (χ3v) is 6.15. The fourth-order valence-electron chi connectivity index (χ4n) is 3.76. The van der Waals surface area contributed by atoms with E-state index < -0.39 is 41.1 Å². The molecule has 2 unspecified atom stereocenters. The van der Waals surface area contributed by atoms with Crippen LogP contribution in [-0.4, -0.2) is 52.4 Å². The zero-order valence-corrected chi connectivity index (χ0v) is 23.8. The molecule has 4 amide bonds. The van der Waals surface area contributed by atoms with Gasteiger partial charge in [0.05, 0.1) is 0 Å². The second-order valence-corrected chi connectivity index (χ2v) is 11.0. The van der Waals surface area contributed by atoms with Crippen LogP contribution in [0.2, 0.25) is 0 Å². The average molecular weight is 519 g/mol. The van der Waals surface area contributed by atoms with Gasteiger partial charge in [0.15, 0.2) is 0 Å². The van der Waals surface area contributed by atoms with Crippen molar-refractivity contribution in [3.8, 4) is 0 Å². The monoisotopic (exact) mass is 518 g/mol. The first-order valence-electron chi connectivity index (χ1n) is 13.1. The Kier molecular flexibility index (Phi) is 12.1. The lowest BCUT2D eigenvalue weighted by atomic mass is 9.91. The summed E-state index contributed by atoms with van der Waals surface area (Å²) in [6.07, 6.45) is 1.32. The molecule has 37 heavy (non-hydrogen) atoms. The van der Waals surface area contributed by atoms with Crippen LogP contribution in [0.5, 0.6) is 0 Å². The van der Waals surface area contributed by atoms with Gasteiger partial charge in [-0.3, -0.25) is 14.4 Å². The highest BCUT2D eigenvalue weighted by atomic mass is 16.6. The second kappa shape index (κ2) is 14.0. The van der Waals surface area contributed by atoms with Crippen molar-refractivity contribution in [1.29, 1.82) is 0 Å². The maximum Gasteiger partial charge on any atom is 0.408 e. The van der Waals surface area contributed by atoms with E-state index in [4.69, 9.17) is 10.5 Å². The first-order valence-corrected chi connectivity index (χ1v) is 13.1. The van der Waals surface area contributed by atoms with Gasteiger partial charge in [0, 0.05) is 18.5 Å². The average Bonchev–Trinajstić information content (AvgIpc) is 2.79. The third kappa shape index (κ3) is 10.4. The second-order valence-electron chi connectivity index (χ2n) is 11.0. The van der Waals surface area contributed by atoms with Crippen molar-refractivity contribution in [2.75, 3.05) is 6.54 Å². The number of hydrogen-bond donors (Lipinski definition) is 3. The fraction of sp³-hybridized carbons (Fsp3) is 0.643. The van der Waals surface area contributed by atoms with E-state index in [0.29, 0.717) is 18.5 Å². The number of ether oxygens (including phenoxy) is 1. The first kappa shape index (κ1) is 31.9. The molecule has 4 N–H and O–H groups in total. The molecule has 208 valence electrons. The highest BCUT2D eigenvalue weighted by Crippen LogP contribution is 2.32. The van der Waals surface area contributed by atoms with Gasteiger partial charge in [0.25, 0.3) is 0 Å². The van der Waals surface area contributed by atoms with Crippen molar-refractivity contribution in [2.45, 2.75) is 111 Å². The van der Waals surface area contributed by atoms with Crippen LogP contribution in [0.25, 0.3) is 0 Å². The summed E-state index contributed by atoms with van der Waals surface area (Å²) in [7, 11) is 0. The number of alkyl carbamates (subject to hydrolysis) is 1. The minimum Gasteiger partial charge on any atom is -0.444 e. The van der Waals surface area contributed by atoms with Crippen LogP contribution in [0.1, 0.15) is 97.7 Å². The lowest BCUT2D eigenvalue weighted by Gasteiger charge is -2.44. The highest BCUT2D eigenvalue weighted by molar-refractivity contribution is 5.93. The molecule has 0 saturated carbocycles. The Bertz CT molecular complexity index is 921. The minimum absolute atomic E-state index is 0.0260. The summed E-state index contributed by atoms with van der Waals surface area (Å²) in [6.45, 7) is 15.3. The SMILES string of the molecule is CCCCNC(=O)C(c1ccc(C)cc1)N(C(=O)C(CCC(N)=O)NC(=O)OC(C)(C)C)C(C)(C)CC. The van der Waals surface area contributed by atoms with E-state index in [-0.39, 0.29) is 18.7 Å². The Labute approximate surface area is 221 Å². The Balaban J connectivity index is 3.58. The quantitative estimate of drug-likeness (QED) is 0.338. The van der Waals surface area contributed by atoms with E-state index in [9.17, 15) is 19.2 Å². The van der Waals surface area contributed by atoms with Crippen LogP contribution in [-0.2, 0) is 19.1 Å². The van der Waals surface area contributed by atoms with E-state index in [0.717, 1.165) is 18.4 Å². The van der Waals surface area contributed by atoms with Crippen LogP contribution in [0.3, 0.4) is 0 Å². The molecule has 1 aromatic carbocycles. The first-order chi connectivity index (χ1) is 17.1. The number of rotatable bonds is 13. The van der Waals surface area contributed by atoms with Gasteiger partial charge >= 0.3 is 6.09 Å². The van der Waals surface area contributed by atoms with Gasteiger partial charge in [-0.15, -0.1) is 0 Å². The number of nitrogens with two attached hydrogens (primary N) is 1. The van der Waals surface area contributed by atoms with Crippen LogP contribution in [0.15, 0.2) is 24.3 Å².